The lowest BCUT2D eigenvalue weighted by Gasteiger charge is -2.09. The van der Waals surface area contributed by atoms with Crippen LogP contribution in [0.15, 0.2) is 34.8 Å². The van der Waals surface area contributed by atoms with Crippen LogP contribution in [0.2, 0.25) is 0 Å². The maximum absolute atomic E-state index is 11.6. The van der Waals surface area contributed by atoms with Crippen LogP contribution in [-0.2, 0) is 4.74 Å². The molecule has 0 spiro atoms. The highest BCUT2D eigenvalue weighted by Gasteiger charge is 2.14. The average Bonchev–Trinajstić information content (AvgIpc) is 2.78. The Bertz CT molecular complexity index is 685. The number of esters is 1. The number of methoxy groups -OCH3 is 1. The topological polar surface area (TPSA) is 50.4 Å². The molecule has 2 N–H and O–H groups in total. The average molecular weight is 385 g/mol. The minimum absolute atomic E-state index is 0.337. The lowest BCUT2D eigenvalue weighted by molar-refractivity contribution is 0.0605. The molecule has 1 heterocycles. The molecule has 0 fully saturated rings. The molecule has 0 aliphatic rings. The molecular formula is C14H13BrN2O2S2. The van der Waals surface area contributed by atoms with Gasteiger partial charge in [0.2, 0.25) is 0 Å². The van der Waals surface area contributed by atoms with Crippen LogP contribution >= 0.6 is 39.5 Å². The summed E-state index contributed by atoms with van der Waals surface area (Å²) in [5.74, 6) is -0.337. The number of rotatable bonds is 3. The highest BCUT2D eigenvalue weighted by atomic mass is 79.9. The quantitative estimate of drug-likeness (QED) is 0.605. The van der Waals surface area contributed by atoms with Crippen LogP contribution in [0.25, 0.3) is 0 Å². The van der Waals surface area contributed by atoms with Crippen LogP contribution < -0.4 is 10.6 Å². The second-order valence-corrected chi connectivity index (χ2v) is 6.58. The zero-order valence-corrected chi connectivity index (χ0v) is 14.6. The number of nitrogens with one attached hydrogen (secondary N) is 2. The van der Waals surface area contributed by atoms with Crippen molar-refractivity contribution >= 4 is 61.3 Å². The van der Waals surface area contributed by atoms with Gasteiger partial charge in [-0.15, -0.1) is 11.3 Å². The van der Waals surface area contributed by atoms with E-state index in [2.05, 4.69) is 26.6 Å². The van der Waals surface area contributed by atoms with Gasteiger partial charge in [-0.1, -0.05) is 22.0 Å². The van der Waals surface area contributed by atoms with E-state index in [0.717, 1.165) is 20.7 Å². The van der Waals surface area contributed by atoms with E-state index in [0.29, 0.717) is 9.99 Å². The smallest absolute Gasteiger partial charge is 0.348 e. The van der Waals surface area contributed by atoms with E-state index in [1.54, 1.807) is 0 Å². The summed E-state index contributed by atoms with van der Waals surface area (Å²) < 4.78 is 5.70. The first kappa shape index (κ1) is 15.9. The Morgan fingerprint density at radius 2 is 2.10 bits per heavy atom. The molecule has 4 nitrogen and oxygen atoms in total. The monoisotopic (exact) mass is 384 g/mol. The van der Waals surface area contributed by atoms with Gasteiger partial charge in [0.25, 0.3) is 0 Å². The van der Waals surface area contributed by atoms with Crippen molar-refractivity contribution < 1.29 is 9.53 Å². The largest absolute Gasteiger partial charge is 0.465 e. The predicted molar refractivity (Wildman–Crippen MR) is 94.4 cm³/mol. The van der Waals surface area contributed by atoms with Crippen LogP contribution in [0.3, 0.4) is 0 Å². The van der Waals surface area contributed by atoms with Gasteiger partial charge in [-0.25, -0.2) is 4.79 Å². The molecule has 0 atom stereocenters. The van der Waals surface area contributed by atoms with Crippen molar-refractivity contribution in [1.29, 1.82) is 0 Å². The SMILES string of the molecule is COC(=O)c1sc(NC(=S)Nc2cccc(Br)c2)cc1C. The van der Waals surface area contributed by atoms with Gasteiger partial charge in [0.05, 0.1) is 12.1 Å². The number of anilines is 2. The zero-order valence-electron chi connectivity index (χ0n) is 11.4. The van der Waals surface area contributed by atoms with E-state index in [9.17, 15) is 4.79 Å². The molecule has 1 aromatic heterocycles. The lowest BCUT2D eigenvalue weighted by atomic mass is 10.3. The van der Waals surface area contributed by atoms with Crippen molar-refractivity contribution in [1.82, 2.24) is 0 Å². The molecule has 0 aliphatic carbocycles. The summed E-state index contributed by atoms with van der Waals surface area (Å²) in [5, 5.41) is 7.41. The fourth-order valence-electron chi connectivity index (χ4n) is 1.68. The molecule has 21 heavy (non-hydrogen) atoms. The molecule has 0 bridgehead atoms. The minimum atomic E-state index is -0.337. The number of carbonyl (C=O) groups excluding carboxylic acids is 1. The van der Waals surface area contributed by atoms with Crippen molar-refractivity contribution in [2.24, 2.45) is 0 Å². The minimum Gasteiger partial charge on any atom is -0.465 e. The van der Waals surface area contributed by atoms with Crippen molar-refractivity contribution in [3.63, 3.8) is 0 Å². The van der Waals surface area contributed by atoms with Crippen molar-refractivity contribution in [2.75, 3.05) is 17.7 Å². The second kappa shape index (κ2) is 7.02. The van der Waals surface area contributed by atoms with Crippen LogP contribution in [0.4, 0.5) is 10.7 Å². The number of halogens is 1. The van der Waals surface area contributed by atoms with Crippen LogP contribution in [0.1, 0.15) is 15.2 Å². The maximum Gasteiger partial charge on any atom is 0.348 e. The number of thiocarbonyl (C=S) groups is 1. The first-order valence-electron chi connectivity index (χ1n) is 6.02. The standard InChI is InChI=1S/C14H13BrN2O2S2/c1-8-6-11(21-12(8)13(18)19-2)17-14(20)16-10-5-3-4-9(15)7-10/h3-7H,1-2H3,(H2,16,17,20). The summed E-state index contributed by atoms with van der Waals surface area (Å²) in [5.41, 5.74) is 1.74. The van der Waals surface area contributed by atoms with Gasteiger partial charge in [-0.2, -0.15) is 0 Å². The summed E-state index contributed by atoms with van der Waals surface area (Å²) in [4.78, 5) is 12.1. The molecule has 0 saturated carbocycles. The highest BCUT2D eigenvalue weighted by molar-refractivity contribution is 9.10. The summed E-state index contributed by atoms with van der Waals surface area (Å²) in [7, 11) is 1.37. The first-order chi connectivity index (χ1) is 9.99. The van der Waals surface area contributed by atoms with Crippen LogP contribution in [0.5, 0.6) is 0 Å². The van der Waals surface area contributed by atoms with E-state index in [1.807, 2.05) is 37.3 Å². The Balaban J connectivity index is 2.05. The molecule has 110 valence electrons. The number of ether oxygens (including phenoxy) is 1. The Morgan fingerprint density at radius 3 is 2.76 bits per heavy atom. The summed E-state index contributed by atoms with van der Waals surface area (Å²) in [6, 6.07) is 9.56. The van der Waals surface area contributed by atoms with Crippen molar-refractivity contribution in [2.45, 2.75) is 6.92 Å². The summed E-state index contributed by atoms with van der Waals surface area (Å²) in [6.07, 6.45) is 0. The Labute approximate surface area is 140 Å². The van der Waals surface area contributed by atoms with Crippen LogP contribution in [0, 0.1) is 6.92 Å². The highest BCUT2D eigenvalue weighted by Crippen LogP contribution is 2.27. The molecule has 0 radical (unpaired) electrons. The lowest BCUT2D eigenvalue weighted by Crippen LogP contribution is -2.18. The summed E-state index contributed by atoms with van der Waals surface area (Å²) >= 11 is 9.98. The van der Waals surface area contributed by atoms with Gasteiger partial charge in [0.15, 0.2) is 5.11 Å². The van der Waals surface area contributed by atoms with E-state index >= 15 is 0 Å². The van der Waals surface area contributed by atoms with E-state index in [-0.39, 0.29) is 5.97 Å². The molecular weight excluding hydrogens is 372 g/mol. The molecule has 2 aromatic rings. The van der Waals surface area contributed by atoms with Gasteiger partial charge >= 0.3 is 5.97 Å². The van der Waals surface area contributed by atoms with Crippen molar-refractivity contribution in [3.8, 4) is 0 Å². The van der Waals surface area contributed by atoms with Gasteiger partial charge in [-0.3, -0.25) is 0 Å². The van der Waals surface area contributed by atoms with Crippen molar-refractivity contribution in [3.05, 3.63) is 45.2 Å². The molecule has 0 amide bonds. The second-order valence-electron chi connectivity index (χ2n) is 4.20. The molecule has 7 heteroatoms. The van der Waals surface area contributed by atoms with Gasteiger partial charge in [0, 0.05) is 10.2 Å². The molecule has 0 aliphatic heterocycles. The Hall–Kier alpha value is -1.44. The number of hydrogen-bond acceptors (Lipinski definition) is 4. The predicted octanol–water partition coefficient (Wildman–Crippen LogP) is 4.41. The number of carbonyl (C=O) groups is 1. The first-order valence-corrected chi connectivity index (χ1v) is 8.03. The zero-order chi connectivity index (χ0) is 15.4. The van der Waals surface area contributed by atoms with Gasteiger partial charge < -0.3 is 15.4 Å². The van der Waals surface area contributed by atoms with E-state index in [1.165, 1.54) is 18.4 Å². The van der Waals surface area contributed by atoms with Crippen LogP contribution in [-0.4, -0.2) is 18.2 Å². The van der Waals surface area contributed by atoms with E-state index in [4.69, 9.17) is 17.0 Å². The number of hydrogen-bond donors (Lipinski definition) is 2. The summed E-state index contributed by atoms with van der Waals surface area (Å²) in [6.45, 7) is 1.86. The third kappa shape index (κ3) is 4.26. The molecule has 0 unspecified atom stereocenters. The third-order valence-corrected chi connectivity index (χ3v) is 4.44. The molecule has 1 aromatic carbocycles. The number of benzene rings is 1. The fourth-order valence-corrected chi connectivity index (χ4v) is 3.37. The van der Waals surface area contributed by atoms with Gasteiger partial charge in [-0.05, 0) is 49.0 Å². The Morgan fingerprint density at radius 1 is 1.33 bits per heavy atom. The number of thiophene rings is 1. The molecule has 0 saturated heterocycles. The molecule has 2 rings (SSSR count). The van der Waals surface area contributed by atoms with Gasteiger partial charge in [0.1, 0.15) is 4.88 Å². The van der Waals surface area contributed by atoms with E-state index < -0.39 is 0 Å². The maximum atomic E-state index is 11.6. The normalized spacial score (nSPS) is 10.0. The Kier molecular flexibility index (Phi) is 5.33. The number of aryl methyl sites for hydroxylation is 1. The fraction of sp³-hybridized carbons (Fsp3) is 0.143. The third-order valence-electron chi connectivity index (χ3n) is 2.61.